The number of ether oxygens (including phenoxy) is 1. The van der Waals surface area contributed by atoms with Gasteiger partial charge in [-0.15, -0.1) is 0 Å². The molecule has 0 bridgehead atoms. The first kappa shape index (κ1) is 14.8. The molecular weight excluding hydrogens is 260 g/mol. The monoisotopic (exact) mass is 282 g/mol. The van der Waals surface area contributed by atoms with Crippen molar-refractivity contribution in [1.29, 1.82) is 0 Å². The maximum atomic E-state index is 5.90. The third-order valence-electron chi connectivity index (χ3n) is 3.58. The van der Waals surface area contributed by atoms with E-state index in [4.69, 9.17) is 16.3 Å². The van der Waals surface area contributed by atoms with Crippen molar-refractivity contribution in [1.82, 2.24) is 10.2 Å². The van der Waals surface area contributed by atoms with Gasteiger partial charge in [-0.25, -0.2) is 0 Å². The van der Waals surface area contributed by atoms with Gasteiger partial charge in [0, 0.05) is 30.1 Å². The van der Waals surface area contributed by atoms with Gasteiger partial charge in [0.2, 0.25) is 0 Å². The van der Waals surface area contributed by atoms with Crippen LogP contribution in [0.5, 0.6) is 0 Å². The Balaban J connectivity index is 1.83. The van der Waals surface area contributed by atoms with Crippen molar-refractivity contribution in [2.45, 2.75) is 19.5 Å². The van der Waals surface area contributed by atoms with Crippen LogP contribution in [0.2, 0.25) is 5.02 Å². The molecule has 0 radical (unpaired) electrons. The van der Waals surface area contributed by atoms with Crippen LogP contribution in [0.1, 0.15) is 12.5 Å². The smallest absolute Gasteiger partial charge is 0.0623 e. The van der Waals surface area contributed by atoms with Gasteiger partial charge in [0.05, 0.1) is 13.2 Å². The molecule has 0 aliphatic carbocycles. The molecule has 0 saturated carbocycles. The number of likely N-dealkylation sites (N-methyl/N-ethyl adjacent to an activating group) is 1. The van der Waals surface area contributed by atoms with E-state index in [-0.39, 0.29) is 0 Å². The van der Waals surface area contributed by atoms with E-state index in [1.807, 2.05) is 12.1 Å². The molecule has 1 aliphatic rings. The predicted octanol–water partition coefficient (Wildman–Crippen LogP) is 2.40. The third kappa shape index (κ3) is 4.46. The standard InChI is InChI=1S/C15H23ClN2O/c1-3-17-15-11-19-10-13(15)9-18(2)8-12-4-6-14(16)7-5-12/h4-7,13,15,17H,3,8-11H2,1-2H3. The Morgan fingerprint density at radius 1 is 1.32 bits per heavy atom. The summed E-state index contributed by atoms with van der Waals surface area (Å²) in [5, 5.41) is 4.30. The fraction of sp³-hybridized carbons (Fsp3) is 0.600. The predicted molar refractivity (Wildman–Crippen MR) is 79.6 cm³/mol. The zero-order valence-corrected chi connectivity index (χ0v) is 12.5. The van der Waals surface area contributed by atoms with Gasteiger partial charge in [0.15, 0.2) is 0 Å². The third-order valence-corrected chi connectivity index (χ3v) is 3.83. The Hall–Kier alpha value is -0.610. The zero-order chi connectivity index (χ0) is 13.7. The molecule has 1 aliphatic heterocycles. The molecule has 106 valence electrons. The first-order valence-corrected chi connectivity index (χ1v) is 7.31. The number of rotatable bonds is 6. The first-order valence-electron chi connectivity index (χ1n) is 6.93. The van der Waals surface area contributed by atoms with Crippen molar-refractivity contribution in [3.05, 3.63) is 34.9 Å². The average molecular weight is 283 g/mol. The molecule has 4 heteroatoms. The van der Waals surface area contributed by atoms with Gasteiger partial charge in [-0.05, 0) is 31.3 Å². The fourth-order valence-corrected chi connectivity index (χ4v) is 2.76. The second-order valence-electron chi connectivity index (χ2n) is 5.28. The number of hydrogen-bond donors (Lipinski definition) is 1. The average Bonchev–Trinajstić information content (AvgIpc) is 2.80. The maximum Gasteiger partial charge on any atom is 0.0623 e. The largest absolute Gasteiger partial charge is 0.379 e. The molecule has 19 heavy (non-hydrogen) atoms. The second kappa shape index (κ2) is 7.25. The Labute approximate surface area is 120 Å². The lowest BCUT2D eigenvalue weighted by molar-refractivity contribution is 0.172. The molecular formula is C15H23ClN2O. The summed E-state index contributed by atoms with van der Waals surface area (Å²) in [6, 6.07) is 8.57. The molecule has 2 atom stereocenters. The van der Waals surface area contributed by atoms with E-state index in [9.17, 15) is 0 Å². The van der Waals surface area contributed by atoms with Crippen LogP contribution < -0.4 is 5.32 Å². The normalized spacial score (nSPS) is 23.2. The number of benzene rings is 1. The highest BCUT2D eigenvalue weighted by atomic mass is 35.5. The highest BCUT2D eigenvalue weighted by Gasteiger charge is 2.28. The van der Waals surface area contributed by atoms with E-state index >= 15 is 0 Å². The molecule has 0 aromatic heterocycles. The number of hydrogen-bond acceptors (Lipinski definition) is 3. The second-order valence-corrected chi connectivity index (χ2v) is 5.72. The van der Waals surface area contributed by atoms with Gasteiger partial charge in [0.1, 0.15) is 0 Å². The summed E-state index contributed by atoms with van der Waals surface area (Å²) in [5.41, 5.74) is 1.30. The lowest BCUT2D eigenvalue weighted by Crippen LogP contribution is -2.40. The molecule has 2 unspecified atom stereocenters. The Morgan fingerprint density at radius 3 is 2.74 bits per heavy atom. The summed E-state index contributed by atoms with van der Waals surface area (Å²) in [4.78, 5) is 2.35. The molecule has 2 rings (SSSR count). The topological polar surface area (TPSA) is 24.5 Å². The quantitative estimate of drug-likeness (QED) is 0.867. The van der Waals surface area contributed by atoms with Gasteiger partial charge >= 0.3 is 0 Å². The Kier molecular flexibility index (Phi) is 5.64. The summed E-state index contributed by atoms with van der Waals surface area (Å²) in [5.74, 6) is 0.581. The van der Waals surface area contributed by atoms with Crippen molar-refractivity contribution in [2.24, 2.45) is 5.92 Å². The van der Waals surface area contributed by atoms with Crippen molar-refractivity contribution in [3.8, 4) is 0 Å². The van der Waals surface area contributed by atoms with Crippen LogP contribution in [0.25, 0.3) is 0 Å². The summed E-state index contributed by atoms with van der Waals surface area (Å²) < 4.78 is 5.58. The molecule has 1 saturated heterocycles. The van der Waals surface area contributed by atoms with Crippen molar-refractivity contribution < 1.29 is 4.74 Å². The van der Waals surface area contributed by atoms with Crippen LogP contribution in [0.3, 0.4) is 0 Å². The number of nitrogens with one attached hydrogen (secondary N) is 1. The summed E-state index contributed by atoms with van der Waals surface area (Å²) in [6.45, 7) is 6.86. The number of halogens is 1. The van der Waals surface area contributed by atoms with Crippen LogP contribution in [0.4, 0.5) is 0 Å². The Morgan fingerprint density at radius 2 is 2.05 bits per heavy atom. The number of nitrogens with zero attached hydrogens (tertiary/aromatic N) is 1. The molecule has 0 spiro atoms. The summed E-state index contributed by atoms with van der Waals surface area (Å²) >= 11 is 5.90. The van der Waals surface area contributed by atoms with Crippen LogP contribution in [-0.2, 0) is 11.3 Å². The minimum absolute atomic E-state index is 0.498. The van der Waals surface area contributed by atoms with E-state index in [1.54, 1.807) is 0 Å². The summed E-state index contributed by atoms with van der Waals surface area (Å²) in [6.07, 6.45) is 0. The molecule has 1 aromatic rings. The molecule has 1 aromatic carbocycles. The van der Waals surface area contributed by atoms with Crippen molar-refractivity contribution in [3.63, 3.8) is 0 Å². The highest BCUT2D eigenvalue weighted by Crippen LogP contribution is 2.16. The zero-order valence-electron chi connectivity index (χ0n) is 11.7. The van der Waals surface area contributed by atoms with Crippen LogP contribution in [-0.4, -0.2) is 44.3 Å². The molecule has 1 fully saturated rings. The Bertz CT molecular complexity index is 382. The van der Waals surface area contributed by atoms with E-state index in [0.717, 1.165) is 37.9 Å². The molecule has 1 heterocycles. The minimum Gasteiger partial charge on any atom is -0.379 e. The summed E-state index contributed by atoms with van der Waals surface area (Å²) in [7, 11) is 2.16. The molecule has 1 N–H and O–H groups in total. The van der Waals surface area contributed by atoms with Crippen LogP contribution in [0, 0.1) is 5.92 Å². The van der Waals surface area contributed by atoms with E-state index < -0.39 is 0 Å². The molecule has 3 nitrogen and oxygen atoms in total. The van der Waals surface area contributed by atoms with E-state index in [0.29, 0.717) is 12.0 Å². The lowest BCUT2D eigenvalue weighted by atomic mass is 10.0. The highest BCUT2D eigenvalue weighted by molar-refractivity contribution is 6.30. The molecule has 0 amide bonds. The fourth-order valence-electron chi connectivity index (χ4n) is 2.63. The maximum absolute atomic E-state index is 5.90. The SMILES string of the molecule is CCNC1COCC1CN(C)Cc1ccc(Cl)cc1. The lowest BCUT2D eigenvalue weighted by Gasteiger charge is -2.24. The minimum atomic E-state index is 0.498. The van der Waals surface area contributed by atoms with Gasteiger partial charge in [-0.3, -0.25) is 0 Å². The van der Waals surface area contributed by atoms with Gasteiger partial charge in [-0.2, -0.15) is 0 Å². The van der Waals surface area contributed by atoms with Gasteiger partial charge in [-0.1, -0.05) is 30.7 Å². The van der Waals surface area contributed by atoms with Crippen molar-refractivity contribution >= 4 is 11.6 Å². The van der Waals surface area contributed by atoms with Gasteiger partial charge < -0.3 is 15.0 Å². The van der Waals surface area contributed by atoms with E-state index in [1.165, 1.54) is 5.56 Å². The van der Waals surface area contributed by atoms with Crippen molar-refractivity contribution in [2.75, 3.05) is 33.4 Å². The van der Waals surface area contributed by atoms with Crippen LogP contribution >= 0.6 is 11.6 Å². The van der Waals surface area contributed by atoms with Crippen LogP contribution in [0.15, 0.2) is 24.3 Å². The van der Waals surface area contributed by atoms with Gasteiger partial charge in [0.25, 0.3) is 0 Å². The van der Waals surface area contributed by atoms with E-state index in [2.05, 4.69) is 36.3 Å². The first-order chi connectivity index (χ1) is 9.19.